The van der Waals surface area contributed by atoms with Gasteiger partial charge in [-0.05, 0) is 19.8 Å². The van der Waals surface area contributed by atoms with Crippen LogP contribution in [0.4, 0.5) is 0 Å². The summed E-state index contributed by atoms with van der Waals surface area (Å²) in [6.07, 6.45) is 3.18. The maximum absolute atomic E-state index is 10.9. The maximum atomic E-state index is 10.9. The Kier molecular flexibility index (Phi) is 3.32. The van der Waals surface area contributed by atoms with E-state index in [2.05, 4.69) is 11.8 Å². The summed E-state index contributed by atoms with van der Waals surface area (Å²) in [6, 6.07) is 0. The van der Waals surface area contributed by atoms with Crippen LogP contribution in [0.25, 0.3) is 0 Å². The van der Waals surface area contributed by atoms with Gasteiger partial charge in [0.15, 0.2) is 0 Å². The molecule has 0 aromatic carbocycles. The monoisotopic (exact) mass is 181 g/mol. The highest BCUT2D eigenvalue weighted by Gasteiger charge is 2.33. The van der Waals surface area contributed by atoms with Crippen LogP contribution in [-0.4, -0.2) is 19.1 Å². The largest absolute Gasteiger partial charge is 0.456 e. The van der Waals surface area contributed by atoms with Crippen LogP contribution in [0.1, 0.15) is 26.2 Å². The summed E-state index contributed by atoms with van der Waals surface area (Å²) in [5, 5.41) is 0. The van der Waals surface area contributed by atoms with Crippen LogP contribution in [0.2, 0.25) is 0 Å². The Hall–Kier alpha value is -1.01. The van der Waals surface area contributed by atoms with Crippen LogP contribution in [0.3, 0.4) is 0 Å². The Morgan fingerprint density at radius 2 is 2.31 bits per heavy atom. The minimum absolute atomic E-state index is 0.0905. The van der Waals surface area contributed by atoms with E-state index < -0.39 is 5.97 Å². The van der Waals surface area contributed by atoms with Crippen LogP contribution >= 0.6 is 0 Å². The molecule has 1 aliphatic rings. The zero-order valence-corrected chi connectivity index (χ0v) is 7.93. The van der Waals surface area contributed by atoms with Gasteiger partial charge in [-0.25, -0.2) is 4.79 Å². The standard InChI is InChI=1S/C10H15NO2/c1-2-13-9(12)4-7-10(8-11)5-3-6-10/h2-3,5-6,8,11H2,1H3. The molecule has 3 nitrogen and oxygen atoms in total. The quantitative estimate of drug-likeness (QED) is 0.387. The molecule has 0 saturated heterocycles. The fourth-order valence-corrected chi connectivity index (χ4v) is 1.33. The molecule has 0 spiro atoms. The molecular formula is C10H15NO2. The second-order valence-corrected chi connectivity index (χ2v) is 3.31. The minimum Gasteiger partial charge on any atom is -0.456 e. The number of esters is 1. The first-order valence-corrected chi connectivity index (χ1v) is 4.62. The number of rotatable bonds is 2. The summed E-state index contributed by atoms with van der Waals surface area (Å²) in [7, 11) is 0. The fraction of sp³-hybridized carbons (Fsp3) is 0.700. The van der Waals surface area contributed by atoms with Crippen molar-refractivity contribution in [1.29, 1.82) is 0 Å². The molecular weight excluding hydrogens is 166 g/mol. The third-order valence-electron chi connectivity index (χ3n) is 2.41. The average Bonchev–Trinajstić information content (AvgIpc) is 2.04. The summed E-state index contributed by atoms with van der Waals surface area (Å²) in [4.78, 5) is 10.9. The van der Waals surface area contributed by atoms with Crippen molar-refractivity contribution in [3.8, 4) is 11.8 Å². The predicted molar refractivity (Wildman–Crippen MR) is 49.7 cm³/mol. The molecule has 0 aliphatic heterocycles. The van der Waals surface area contributed by atoms with Gasteiger partial charge in [-0.1, -0.05) is 12.3 Å². The Morgan fingerprint density at radius 1 is 1.62 bits per heavy atom. The normalized spacial score (nSPS) is 18.0. The molecule has 0 amide bonds. The molecule has 0 bridgehead atoms. The fourth-order valence-electron chi connectivity index (χ4n) is 1.33. The summed E-state index contributed by atoms with van der Waals surface area (Å²) < 4.78 is 4.70. The summed E-state index contributed by atoms with van der Waals surface area (Å²) in [6.45, 7) is 2.68. The van der Waals surface area contributed by atoms with E-state index in [0.29, 0.717) is 13.2 Å². The second-order valence-electron chi connectivity index (χ2n) is 3.31. The lowest BCUT2D eigenvalue weighted by Gasteiger charge is -2.35. The molecule has 0 aromatic rings. The van der Waals surface area contributed by atoms with E-state index in [1.165, 1.54) is 0 Å². The first-order chi connectivity index (χ1) is 6.22. The zero-order chi connectivity index (χ0) is 9.73. The molecule has 13 heavy (non-hydrogen) atoms. The molecule has 0 aromatic heterocycles. The van der Waals surface area contributed by atoms with Gasteiger partial charge in [-0.15, -0.1) is 0 Å². The summed E-state index contributed by atoms with van der Waals surface area (Å²) in [5.74, 6) is 4.96. The number of ether oxygens (including phenoxy) is 1. The van der Waals surface area contributed by atoms with Gasteiger partial charge in [0.05, 0.1) is 6.61 Å². The number of carbonyl (C=O) groups is 1. The maximum Gasteiger partial charge on any atom is 0.384 e. The van der Waals surface area contributed by atoms with Crippen molar-refractivity contribution in [2.45, 2.75) is 26.2 Å². The van der Waals surface area contributed by atoms with E-state index in [1.54, 1.807) is 6.92 Å². The van der Waals surface area contributed by atoms with E-state index >= 15 is 0 Å². The highest BCUT2D eigenvalue weighted by molar-refractivity contribution is 5.88. The van der Waals surface area contributed by atoms with Crippen LogP contribution in [-0.2, 0) is 9.53 Å². The lowest BCUT2D eigenvalue weighted by Crippen LogP contribution is -2.35. The third-order valence-corrected chi connectivity index (χ3v) is 2.41. The SMILES string of the molecule is CCOC(=O)C#CC1(CN)CCC1. The topological polar surface area (TPSA) is 52.3 Å². The lowest BCUT2D eigenvalue weighted by atomic mass is 9.69. The van der Waals surface area contributed by atoms with Crippen molar-refractivity contribution in [3.05, 3.63) is 0 Å². The predicted octanol–water partition coefficient (Wildman–Crippen LogP) is 0.682. The third kappa shape index (κ3) is 2.46. The van der Waals surface area contributed by atoms with Crippen molar-refractivity contribution in [1.82, 2.24) is 0 Å². The van der Waals surface area contributed by atoms with Crippen LogP contribution < -0.4 is 5.73 Å². The average molecular weight is 181 g/mol. The highest BCUT2D eigenvalue weighted by Crippen LogP contribution is 2.38. The van der Waals surface area contributed by atoms with Crippen molar-refractivity contribution >= 4 is 5.97 Å². The second kappa shape index (κ2) is 4.29. The van der Waals surface area contributed by atoms with Crippen LogP contribution in [0.15, 0.2) is 0 Å². The molecule has 0 unspecified atom stereocenters. The molecule has 72 valence electrons. The van der Waals surface area contributed by atoms with Gasteiger partial charge in [-0.2, -0.15) is 0 Å². The Morgan fingerprint density at radius 3 is 2.69 bits per heavy atom. The Bertz CT molecular complexity index is 240. The zero-order valence-electron chi connectivity index (χ0n) is 7.93. The number of hydrogen-bond donors (Lipinski definition) is 1. The summed E-state index contributed by atoms with van der Waals surface area (Å²) in [5.41, 5.74) is 5.48. The molecule has 3 heteroatoms. The summed E-state index contributed by atoms with van der Waals surface area (Å²) >= 11 is 0. The van der Waals surface area contributed by atoms with E-state index in [9.17, 15) is 4.79 Å². The lowest BCUT2D eigenvalue weighted by molar-refractivity contribution is -0.136. The van der Waals surface area contributed by atoms with Gasteiger partial charge < -0.3 is 10.5 Å². The molecule has 1 aliphatic carbocycles. The minimum atomic E-state index is -0.442. The smallest absolute Gasteiger partial charge is 0.384 e. The number of nitrogens with two attached hydrogens (primary N) is 1. The van der Waals surface area contributed by atoms with Crippen molar-refractivity contribution in [2.24, 2.45) is 11.1 Å². The Balaban J connectivity index is 2.49. The van der Waals surface area contributed by atoms with Gasteiger partial charge in [-0.3, -0.25) is 0 Å². The molecule has 1 saturated carbocycles. The van der Waals surface area contributed by atoms with E-state index in [0.717, 1.165) is 19.3 Å². The van der Waals surface area contributed by atoms with Gasteiger partial charge in [0.1, 0.15) is 0 Å². The first kappa shape index (κ1) is 10.1. The van der Waals surface area contributed by atoms with E-state index in [4.69, 9.17) is 10.5 Å². The van der Waals surface area contributed by atoms with Crippen LogP contribution in [0.5, 0.6) is 0 Å². The van der Waals surface area contributed by atoms with Gasteiger partial charge in [0.2, 0.25) is 0 Å². The molecule has 0 atom stereocenters. The van der Waals surface area contributed by atoms with Crippen molar-refractivity contribution in [3.63, 3.8) is 0 Å². The molecule has 1 fully saturated rings. The molecule has 2 N–H and O–H groups in total. The van der Waals surface area contributed by atoms with E-state index in [-0.39, 0.29) is 5.41 Å². The van der Waals surface area contributed by atoms with Gasteiger partial charge in [0.25, 0.3) is 0 Å². The van der Waals surface area contributed by atoms with Gasteiger partial charge in [0, 0.05) is 17.9 Å². The first-order valence-electron chi connectivity index (χ1n) is 4.62. The van der Waals surface area contributed by atoms with Crippen molar-refractivity contribution < 1.29 is 9.53 Å². The highest BCUT2D eigenvalue weighted by atomic mass is 16.5. The van der Waals surface area contributed by atoms with Gasteiger partial charge >= 0.3 is 5.97 Å². The molecule has 0 radical (unpaired) electrons. The van der Waals surface area contributed by atoms with Crippen molar-refractivity contribution in [2.75, 3.05) is 13.2 Å². The number of hydrogen-bond acceptors (Lipinski definition) is 3. The van der Waals surface area contributed by atoms with E-state index in [1.807, 2.05) is 0 Å². The van der Waals surface area contributed by atoms with Crippen LogP contribution in [0, 0.1) is 17.3 Å². The molecule has 1 rings (SSSR count). The Labute approximate surface area is 78.6 Å². The molecule has 0 heterocycles. The number of carbonyl (C=O) groups excluding carboxylic acids is 1.